The van der Waals surface area contributed by atoms with Gasteiger partial charge in [0.1, 0.15) is 17.1 Å². The average molecular weight is 503 g/mol. The largest absolute Gasteiger partial charge is 0.478 e. The van der Waals surface area contributed by atoms with Gasteiger partial charge in [-0.1, -0.05) is 48.0 Å². The molecular formula is C26H15ClN2O5S. The number of benzene rings is 3. The quantitative estimate of drug-likeness (QED) is 0.224. The Hall–Kier alpha value is -4.27. The number of nitrogens with one attached hydrogen (secondary N) is 1. The number of carboxylic acids is 1. The second-order valence-corrected chi connectivity index (χ2v) is 8.48. The van der Waals surface area contributed by atoms with Gasteiger partial charge in [0.15, 0.2) is 5.11 Å². The van der Waals surface area contributed by atoms with Crippen LogP contribution in [0.5, 0.6) is 0 Å². The number of hydrogen-bond donors (Lipinski definition) is 2. The fraction of sp³-hybridized carbons (Fsp3) is 0. The highest BCUT2D eigenvalue weighted by atomic mass is 35.5. The fourth-order valence-electron chi connectivity index (χ4n) is 3.78. The smallest absolute Gasteiger partial charge is 0.337 e. The van der Waals surface area contributed by atoms with Crippen LogP contribution in [0.1, 0.15) is 16.1 Å². The molecule has 0 atom stereocenters. The summed E-state index contributed by atoms with van der Waals surface area (Å²) in [6.45, 7) is 0. The molecule has 2 amide bonds. The van der Waals surface area contributed by atoms with Gasteiger partial charge in [0.05, 0.1) is 16.3 Å². The van der Waals surface area contributed by atoms with Crippen LogP contribution in [-0.4, -0.2) is 28.0 Å². The summed E-state index contributed by atoms with van der Waals surface area (Å²) in [5.41, 5.74) is 0.895. The molecule has 1 aliphatic rings. The Morgan fingerprint density at radius 3 is 2.51 bits per heavy atom. The number of rotatable bonds is 4. The molecule has 4 aromatic rings. The van der Waals surface area contributed by atoms with Crippen LogP contribution >= 0.6 is 23.8 Å². The molecule has 0 unspecified atom stereocenters. The minimum Gasteiger partial charge on any atom is -0.478 e. The number of carboxylic acid groups (broad SMARTS) is 1. The number of carbonyl (C=O) groups excluding carboxylic acids is 2. The number of amides is 2. The van der Waals surface area contributed by atoms with Gasteiger partial charge in [0, 0.05) is 5.56 Å². The standard InChI is InChI=1S/C26H15ClN2O5S/c27-21-12-16(6-9-19(21)25(32)33)22-10-8-18(34-22)13-20-23(30)28-26(35)29(24(20)31)17-7-5-14-3-1-2-4-15(14)11-17/h1-13H,(H,32,33)(H,28,30,35)/b20-13-. The maximum absolute atomic E-state index is 13.3. The third-order valence-electron chi connectivity index (χ3n) is 5.49. The van der Waals surface area contributed by atoms with Gasteiger partial charge in [-0.15, -0.1) is 0 Å². The summed E-state index contributed by atoms with van der Waals surface area (Å²) >= 11 is 11.3. The minimum atomic E-state index is -1.14. The second kappa shape index (κ2) is 8.83. The van der Waals surface area contributed by atoms with Gasteiger partial charge in [-0.05, 0) is 65.5 Å². The van der Waals surface area contributed by atoms with Crippen molar-refractivity contribution in [3.05, 3.63) is 94.7 Å². The number of fused-ring (bicyclic) bond motifs is 1. The molecule has 0 radical (unpaired) electrons. The molecule has 1 aliphatic heterocycles. The molecule has 2 N–H and O–H groups in total. The number of furan rings is 1. The van der Waals surface area contributed by atoms with E-state index < -0.39 is 17.8 Å². The lowest BCUT2D eigenvalue weighted by molar-refractivity contribution is -0.122. The molecule has 7 nitrogen and oxygen atoms in total. The van der Waals surface area contributed by atoms with Crippen LogP contribution in [0.15, 0.2) is 82.8 Å². The Morgan fingerprint density at radius 2 is 1.77 bits per heavy atom. The number of anilines is 1. The minimum absolute atomic E-state index is 0.0132. The number of halogens is 1. The van der Waals surface area contributed by atoms with Crippen LogP contribution in [0.4, 0.5) is 5.69 Å². The maximum atomic E-state index is 13.3. The van der Waals surface area contributed by atoms with E-state index in [1.54, 1.807) is 24.3 Å². The number of carbonyl (C=O) groups is 3. The van der Waals surface area contributed by atoms with Crippen molar-refractivity contribution in [1.29, 1.82) is 0 Å². The van der Waals surface area contributed by atoms with Gasteiger partial charge in [0.25, 0.3) is 11.8 Å². The SMILES string of the molecule is O=C1NC(=S)N(c2ccc3ccccc3c2)C(=O)/C1=C\c1ccc(-c2ccc(C(=O)O)c(Cl)c2)o1. The molecule has 0 bridgehead atoms. The van der Waals surface area contributed by atoms with Gasteiger partial charge < -0.3 is 9.52 Å². The van der Waals surface area contributed by atoms with Crippen LogP contribution in [0.2, 0.25) is 5.02 Å². The number of nitrogens with zero attached hydrogens (tertiary/aromatic N) is 1. The topological polar surface area (TPSA) is 99.9 Å². The van der Waals surface area contributed by atoms with Gasteiger partial charge in [-0.25, -0.2) is 4.79 Å². The molecule has 3 aromatic carbocycles. The molecule has 172 valence electrons. The van der Waals surface area contributed by atoms with Gasteiger partial charge >= 0.3 is 5.97 Å². The molecule has 1 fully saturated rings. The number of hydrogen-bond acceptors (Lipinski definition) is 5. The van der Waals surface area contributed by atoms with E-state index in [0.717, 1.165) is 10.8 Å². The lowest BCUT2D eigenvalue weighted by atomic mass is 10.1. The van der Waals surface area contributed by atoms with Crippen molar-refractivity contribution in [3.63, 3.8) is 0 Å². The highest BCUT2D eigenvalue weighted by Crippen LogP contribution is 2.30. The Balaban J connectivity index is 1.47. The summed E-state index contributed by atoms with van der Waals surface area (Å²) in [7, 11) is 0. The van der Waals surface area contributed by atoms with Crippen LogP contribution in [0, 0.1) is 0 Å². The summed E-state index contributed by atoms with van der Waals surface area (Å²) in [6.07, 6.45) is 1.34. The first-order valence-electron chi connectivity index (χ1n) is 10.3. The van der Waals surface area contributed by atoms with Crippen molar-refractivity contribution >= 4 is 69.3 Å². The van der Waals surface area contributed by atoms with E-state index in [1.807, 2.05) is 36.4 Å². The molecule has 9 heteroatoms. The average Bonchev–Trinajstić information content (AvgIpc) is 3.30. The number of thiocarbonyl (C=S) groups is 1. The predicted molar refractivity (Wildman–Crippen MR) is 136 cm³/mol. The first-order valence-corrected chi connectivity index (χ1v) is 11.1. The monoisotopic (exact) mass is 502 g/mol. The summed E-state index contributed by atoms with van der Waals surface area (Å²) in [5, 5.41) is 13.7. The molecule has 1 saturated heterocycles. The van der Waals surface area contributed by atoms with E-state index in [1.165, 1.54) is 23.1 Å². The van der Waals surface area contributed by atoms with E-state index >= 15 is 0 Å². The Kier molecular flexibility index (Phi) is 5.68. The van der Waals surface area contributed by atoms with Crippen LogP contribution < -0.4 is 10.2 Å². The molecule has 5 rings (SSSR count). The van der Waals surface area contributed by atoms with Crippen molar-refractivity contribution < 1.29 is 23.9 Å². The first kappa shape index (κ1) is 22.5. The fourth-order valence-corrected chi connectivity index (χ4v) is 4.32. The van der Waals surface area contributed by atoms with Crippen LogP contribution in [0.25, 0.3) is 28.2 Å². The lowest BCUT2D eigenvalue weighted by Crippen LogP contribution is -2.54. The van der Waals surface area contributed by atoms with E-state index in [9.17, 15) is 14.4 Å². The summed E-state index contributed by atoms with van der Waals surface area (Å²) in [6, 6.07) is 20.8. The van der Waals surface area contributed by atoms with E-state index in [4.69, 9.17) is 33.3 Å². The van der Waals surface area contributed by atoms with E-state index in [0.29, 0.717) is 17.0 Å². The lowest BCUT2D eigenvalue weighted by Gasteiger charge is -2.29. The van der Waals surface area contributed by atoms with E-state index in [-0.39, 0.29) is 27.0 Å². The molecule has 0 aliphatic carbocycles. The predicted octanol–water partition coefficient (Wildman–Crippen LogP) is 5.28. The summed E-state index contributed by atoms with van der Waals surface area (Å²) in [4.78, 5) is 38.3. The summed E-state index contributed by atoms with van der Waals surface area (Å²) < 4.78 is 5.78. The highest BCUT2D eigenvalue weighted by molar-refractivity contribution is 7.80. The zero-order valence-electron chi connectivity index (χ0n) is 17.8. The Bertz CT molecular complexity index is 1590. The Morgan fingerprint density at radius 1 is 1.00 bits per heavy atom. The van der Waals surface area contributed by atoms with Crippen molar-refractivity contribution in [1.82, 2.24) is 5.32 Å². The maximum Gasteiger partial charge on any atom is 0.337 e. The van der Waals surface area contributed by atoms with Gasteiger partial charge in [-0.3, -0.25) is 19.8 Å². The van der Waals surface area contributed by atoms with Crippen LogP contribution in [-0.2, 0) is 9.59 Å². The molecule has 35 heavy (non-hydrogen) atoms. The van der Waals surface area contributed by atoms with E-state index in [2.05, 4.69) is 5.32 Å². The molecule has 0 spiro atoms. The first-order chi connectivity index (χ1) is 16.8. The molecular weight excluding hydrogens is 488 g/mol. The van der Waals surface area contributed by atoms with Crippen molar-refractivity contribution in [2.75, 3.05) is 4.90 Å². The molecule has 2 heterocycles. The van der Waals surface area contributed by atoms with Crippen molar-refractivity contribution in [2.45, 2.75) is 0 Å². The molecule has 1 aromatic heterocycles. The van der Waals surface area contributed by atoms with Crippen molar-refractivity contribution in [2.24, 2.45) is 0 Å². The van der Waals surface area contributed by atoms with Crippen LogP contribution in [0.3, 0.4) is 0 Å². The normalized spacial score (nSPS) is 15.1. The second-order valence-electron chi connectivity index (χ2n) is 7.69. The zero-order valence-corrected chi connectivity index (χ0v) is 19.4. The van der Waals surface area contributed by atoms with Crippen molar-refractivity contribution in [3.8, 4) is 11.3 Å². The summed E-state index contributed by atoms with van der Waals surface area (Å²) in [5.74, 6) is -1.71. The number of aromatic carboxylic acids is 1. The van der Waals surface area contributed by atoms with Gasteiger partial charge in [-0.2, -0.15) is 0 Å². The Labute approximate surface area is 209 Å². The third kappa shape index (κ3) is 4.21. The third-order valence-corrected chi connectivity index (χ3v) is 6.09. The highest BCUT2D eigenvalue weighted by Gasteiger charge is 2.34. The molecule has 0 saturated carbocycles. The van der Waals surface area contributed by atoms with Gasteiger partial charge in [0.2, 0.25) is 0 Å². The zero-order chi connectivity index (χ0) is 24.7.